The molecule has 0 spiro atoms. The third-order valence-corrected chi connectivity index (χ3v) is 4.50. The molecule has 2 rings (SSSR count). The second-order valence-electron chi connectivity index (χ2n) is 3.90. The summed E-state index contributed by atoms with van der Waals surface area (Å²) in [5.74, 6) is 0.235. The highest BCUT2D eigenvalue weighted by Crippen LogP contribution is 2.23. The Kier molecular flexibility index (Phi) is 5.16. The summed E-state index contributed by atoms with van der Waals surface area (Å²) in [6.45, 7) is 2.08. The van der Waals surface area contributed by atoms with Gasteiger partial charge in [-0.2, -0.15) is 0 Å². The van der Waals surface area contributed by atoms with Crippen LogP contribution in [0.15, 0.2) is 16.7 Å². The van der Waals surface area contributed by atoms with E-state index in [0.717, 1.165) is 16.5 Å². The molecule has 2 aromatic heterocycles. The van der Waals surface area contributed by atoms with Crippen LogP contribution in [-0.2, 0) is 24.1 Å². The maximum absolute atomic E-state index is 11.5. The van der Waals surface area contributed by atoms with Gasteiger partial charge >= 0.3 is 5.97 Å². The number of hydrogen-bond donors (Lipinski definition) is 1. The highest BCUT2D eigenvalue weighted by molar-refractivity contribution is 7.98. The zero-order valence-corrected chi connectivity index (χ0v) is 12.8. The summed E-state index contributed by atoms with van der Waals surface area (Å²) in [5, 5.41) is 12.1. The van der Waals surface area contributed by atoms with E-state index in [1.807, 2.05) is 17.0 Å². The lowest BCUT2D eigenvalue weighted by Crippen LogP contribution is -2.04. The Morgan fingerprint density at radius 3 is 3.05 bits per heavy atom. The first-order valence-electron chi connectivity index (χ1n) is 6.01. The smallest absolute Gasteiger partial charge is 0.367 e. The minimum Gasteiger partial charge on any atom is -0.461 e. The third-order valence-electron chi connectivity index (χ3n) is 2.55. The second-order valence-corrected chi connectivity index (χ2v) is 5.70. The van der Waals surface area contributed by atoms with Crippen molar-refractivity contribution < 1.29 is 14.6 Å². The summed E-state index contributed by atoms with van der Waals surface area (Å²) in [6.07, 6.45) is 1.65. The lowest BCUT2D eigenvalue weighted by Gasteiger charge is -2.02. The fourth-order valence-electron chi connectivity index (χ4n) is 1.51. The number of carbonyl (C=O) groups is 1. The van der Waals surface area contributed by atoms with Crippen molar-refractivity contribution in [3.63, 3.8) is 0 Å². The number of imidazole rings is 1. The Balaban J connectivity index is 1.97. The van der Waals surface area contributed by atoms with Crippen LogP contribution in [0.1, 0.15) is 28.1 Å². The van der Waals surface area contributed by atoms with Crippen molar-refractivity contribution in [1.82, 2.24) is 14.5 Å². The molecule has 0 fully saturated rings. The number of esters is 1. The lowest BCUT2D eigenvalue weighted by atomic mass is 10.5. The summed E-state index contributed by atoms with van der Waals surface area (Å²) >= 11 is 2.79. The molecule has 0 aromatic carbocycles. The topological polar surface area (TPSA) is 77.2 Å². The van der Waals surface area contributed by atoms with Gasteiger partial charge in [0, 0.05) is 18.2 Å². The van der Waals surface area contributed by atoms with Gasteiger partial charge in [0.2, 0.25) is 5.01 Å². The molecule has 0 atom stereocenters. The quantitative estimate of drug-likeness (QED) is 0.648. The number of thiazole rings is 1. The SMILES string of the molecule is CCOC(=O)c1nc(CSc2ncc(CO)n2C)cs1. The Morgan fingerprint density at radius 1 is 1.60 bits per heavy atom. The number of ether oxygens (including phenoxy) is 1. The predicted octanol–water partition coefficient (Wildman–Crippen LogP) is 1.84. The molecule has 0 aliphatic carbocycles. The zero-order valence-electron chi connectivity index (χ0n) is 11.2. The summed E-state index contributed by atoms with van der Waals surface area (Å²) in [4.78, 5) is 20.0. The fourth-order valence-corrected chi connectivity index (χ4v) is 3.18. The van der Waals surface area contributed by atoms with Crippen LogP contribution >= 0.6 is 23.1 Å². The van der Waals surface area contributed by atoms with Crippen molar-refractivity contribution in [2.24, 2.45) is 7.05 Å². The molecular weight excluding hydrogens is 298 g/mol. The number of hydrogen-bond acceptors (Lipinski definition) is 7. The third kappa shape index (κ3) is 3.38. The molecule has 1 N–H and O–H groups in total. The number of aromatic nitrogens is 3. The van der Waals surface area contributed by atoms with Crippen LogP contribution < -0.4 is 0 Å². The fraction of sp³-hybridized carbons (Fsp3) is 0.417. The maximum atomic E-state index is 11.5. The van der Waals surface area contributed by atoms with Crippen LogP contribution in [-0.4, -0.2) is 32.2 Å². The van der Waals surface area contributed by atoms with Crippen LogP contribution in [0.3, 0.4) is 0 Å². The van der Waals surface area contributed by atoms with Gasteiger partial charge < -0.3 is 14.4 Å². The van der Waals surface area contributed by atoms with Crippen molar-refractivity contribution >= 4 is 29.1 Å². The van der Waals surface area contributed by atoms with E-state index in [0.29, 0.717) is 17.4 Å². The second kappa shape index (κ2) is 6.87. The van der Waals surface area contributed by atoms with Crippen molar-refractivity contribution in [2.45, 2.75) is 24.4 Å². The molecule has 0 aliphatic heterocycles. The summed E-state index contributed by atoms with van der Waals surface area (Å²) in [5.41, 5.74) is 1.58. The van der Waals surface area contributed by atoms with Crippen LogP contribution in [0.5, 0.6) is 0 Å². The Labute approximate surface area is 124 Å². The van der Waals surface area contributed by atoms with Gasteiger partial charge in [-0.05, 0) is 6.92 Å². The Morgan fingerprint density at radius 2 is 2.40 bits per heavy atom. The average molecular weight is 313 g/mol. The molecule has 108 valence electrons. The van der Waals surface area contributed by atoms with Gasteiger partial charge in [-0.3, -0.25) is 0 Å². The number of thioether (sulfide) groups is 1. The summed E-state index contributed by atoms with van der Waals surface area (Å²) in [7, 11) is 1.85. The van der Waals surface area contributed by atoms with Crippen LogP contribution in [0.2, 0.25) is 0 Å². The molecule has 0 radical (unpaired) electrons. The molecule has 0 bridgehead atoms. The highest BCUT2D eigenvalue weighted by Gasteiger charge is 2.13. The van der Waals surface area contributed by atoms with E-state index in [2.05, 4.69) is 9.97 Å². The normalized spacial score (nSPS) is 10.8. The number of rotatable bonds is 6. The molecule has 0 saturated carbocycles. The number of carbonyl (C=O) groups excluding carboxylic acids is 1. The van der Waals surface area contributed by atoms with Gasteiger partial charge in [-0.15, -0.1) is 11.3 Å². The zero-order chi connectivity index (χ0) is 14.5. The maximum Gasteiger partial charge on any atom is 0.367 e. The Bertz CT molecular complexity index is 595. The first kappa shape index (κ1) is 15.0. The molecule has 2 heterocycles. The first-order chi connectivity index (χ1) is 9.65. The molecule has 0 amide bonds. The minimum atomic E-state index is -0.381. The van der Waals surface area contributed by atoms with E-state index in [-0.39, 0.29) is 12.6 Å². The van der Waals surface area contributed by atoms with E-state index in [9.17, 15) is 4.79 Å². The largest absolute Gasteiger partial charge is 0.461 e. The number of nitrogens with zero attached hydrogens (tertiary/aromatic N) is 3. The van der Waals surface area contributed by atoms with Gasteiger partial charge in [0.05, 0.1) is 30.8 Å². The van der Waals surface area contributed by atoms with Crippen molar-refractivity contribution in [3.05, 3.63) is 28.0 Å². The van der Waals surface area contributed by atoms with Gasteiger partial charge in [-0.25, -0.2) is 14.8 Å². The molecule has 2 aromatic rings. The first-order valence-corrected chi connectivity index (χ1v) is 7.88. The van der Waals surface area contributed by atoms with Crippen molar-refractivity contribution in [3.8, 4) is 0 Å². The molecule has 0 saturated heterocycles. The number of aliphatic hydroxyl groups excluding tert-OH is 1. The Hall–Kier alpha value is -1.38. The van der Waals surface area contributed by atoms with Gasteiger partial charge in [0.1, 0.15) is 0 Å². The monoisotopic (exact) mass is 313 g/mol. The summed E-state index contributed by atoms with van der Waals surface area (Å²) < 4.78 is 6.74. The van der Waals surface area contributed by atoms with Gasteiger partial charge in [-0.1, -0.05) is 11.8 Å². The van der Waals surface area contributed by atoms with Crippen molar-refractivity contribution in [2.75, 3.05) is 6.61 Å². The van der Waals surface area contributed by atoms with Crippen LogP contribution in [0.25, 0.3) is 0 Å². The van der Waals surface area contributed by atoms with Gasteiger partial charge in [0.15, 0.2) is 5.16 Å². The lowest BCUT2D eigenvalue weighted by molar-refractivity contribution is 0.0525. The van der Waals surface area contributed by atoms with Crippen LogP contribution in [0.4, 0.5) is 0 Å². The highest BCUT2D eigenvalue weighted by atomic mass is 32.2. The molecule has 20 heavy (non-hydrogen) atoms. The van der Waals surface area contributed by atoms with E-state index in [1.165, 1.54) is 23.1 Å². The average Bonchev–Trinajstić information content (AvgIpc) is 3.04. The van der Waals surface area contributed by atoms with Crippen molar-refractivity contribution in [1.29, 1.82) is 0 Å². The molecule has 0 unspecified atom stereocenters. The molecule has 8 heteroatoms. The van der Waals surface area contributed by atoms with E-state index in [4.69, 9.17) is 9.84 Å². The van der Waals surface area contributed by atoms with Gasteiger partial charge in [0.25, 0.3) is 0 Å². The van der Waals surface area contributed by atoms with Crippen LogP contribution in [0, 0.1) is 0 Å². The minimum absolute atomic E-state index is 0.0340. The predicted molar refractivity (Wildman–Crippen MR) is 76.8 cm³/mol. The van der Waals surface area contributed by atoms with E-state index >= 15 is 0 Å². The number of aliphatic hydroxyl groups is 1. The molecular formula is C12H15N3O3S2. The van der Waals surface area contributed by atoms with E-state index < -0.39 is 0 Å². The molecule has 0 aliphatic rings. The summed E-state index contributed by atoms with van der Waals surface area (Å²) in [6, 6.07) is 0. The standard InChI is InChI=1S/C12H15N3O3S2/c1-3-18-11(17)10-14-8(6-19-10)7-20-12-13-4-9(5-16)15(12)2/h4,6,16H,3,5,7H2,1-2H3. The van der Waals surface area contributed by atoms with E-state index in [1.54, 1.807) is 13.1 Å². The molecule has 6 nitrogen and oxygen atoms in total.